The number of aliphatic hydroxyl groups excluding tert-OH is 1. The van der Waals surface area contributed by atoms with Crippen LogP contribution in [0.25, 0.3) is 0 Å². The number of hydrogen-bond acceptors (Lipinski definition) is 3. The molecule has 1 heterocycles. The minimum Gasteiger partial charge on any atom is -0.392 e. The Morgan fingerprint density at radius 2 is 2.42 bits per heavy atom. The summed E-state index contributed by atoms with van der Waals surface area (Å²) in [5, 5.41) is 13.8. The van der Waals surface area contributed by atoms with Crippen LogP contribution in [-0.2, 0) is 7.05 Å². The second-order valence-corrected chi connectivity index (χ2v) is 3.38. The monoisotopic (exact) mass is 167 g/mol. The summed E-state index contributed by atoms with van der Waals surface area (Å²) in [4.78, 5) is 4.14. The zero-order chi connectivity index (χ0) is 8.55. The molecule has 1 saturated carbocycles. The largest absolute Gasteiger partial charge is 0.392 e. The van der Waals surface area contributed by atoms with Crippen molar-refractivity contribution >= 4 is 0 Å². The molecule has 0 unspecified atom stereocenters. The molecule has 0 bridgehead atoms. The van der Waals surface area contributed by atoms with Gasteiger partial charge in [0.05, 0.1) is 6.10 Å². The predicted molar refractivity (Wildman–Crippen MR) is 43.6 cm³/mol. The van der Waals surface area contributed by atoms with E-state index in [0.29, 0.717) is 0 Å². The van der Waals surface area contributed by atoms with Gasteiger partial charge in [-0.05, 0) is 12.8 Å². The Bertz CT molecular complexity index is 271. The van der Waals surface area contributed by atoms with E-state index in [-0.39, 0.29) is 12.0 Å². The third-order valence-corrected chi connectivity index (χ3v) is 2.43. The molecule has 1 aliphatic rings. The summed E-state index contributed by atoms with van der Waals surface area (Å²) in [6.45, 7) is 0. The molecule has 2 rings (SSSR count). The Morgan fingerprint density at radius 3 is 2.92 bits per heavy atom. The van der Waals surface area contributed by atoms with Crippen LogP contribution >= 0.6 is 0 Å². The van der Waals surface area contributed by atoms with Gasteiger partial charge in [0, 0.05) is 13.0 Å². The number of rotatable bonds is 1. The van der Waals surface area contributed by atoms with Gasteiger partial charge in [0.25, 0.3) is 0 Å². The molecule has 66 valence electrons. The minimum atomic E-state index is -0.229. The second-order valence-electron chi connectivity index (χ2n) is 3.38. The highest BCUT2D eigenvalue weighted by Crippen LogP contribution is 2.32. The number of hydrogen-bond donors (Lipinski definition) is 1. The van der Waals surface area contributed by atoms with Crippen molar-refractivity contribution in [3.63, 3.8) is 0 Å². The topological polar surface area (TPSA) is 50.9 Å². The van der Waals surface area contributed by atoms with Gasteiger partial charge in [-0.25, -0.2) is 4.98 Å². The average Bonchev–Trinajstić information content (AvgIpc) is 2.58. The van der Waals surface area contributed by atoms with Gasteiger partial charge in [0.1, 0.15) is 6.33 Å². The van der Waals surface area contributed by atoms with Crippen LogP contribution in [0.15, 0.2) is 6.33 Å². The van der Waals surface area contributed by atoms with Crippen LogP contribution in [0.3, 0.4) is 0 Å². The van der Waals surface area contributed by atoms with Crippen LogP contribution in [0.1, 0.15) is 31.0 Å². The van der Waals surface area contributed by atoms with Crippen LogP contribution in [0.5, 0.6) is 0 Å². The molecule has 4 nitrogen and oxygen atoms in total. The fraction of sp³-hybridized carbons (Fsp3) is 0.750. The summed E-state index contributed by atoms with van der Waals surface area (Å²) in [6.07, 6.45) is 4.45. The van der Waals surface area contributed by atoms with Crippen molar-refractivity contribution in [1.29, 1.82) is 0 Å². The van der Waals surface area contributed by atoms with Gasteiger partial charge in [-0.3, -0.25) is 4.68 Å². The SMILES string of the molecule is Cn1cnc([C@@H]2CCC[C@H]2O)n1. The lowest BCUT2D eigenvalue weighted by molar-refractivity contribution is 0.160. The van der Waals surface area contributed by atoms with Crippen molar-refractivity contribution < 1.29 is 5.11 Å². The molecule has 1 aliphatic carbocycles. The third-order valence-electron chi connectivity index (χ3n) is 2.43. The third kappa shape index (κ3) is 1.22. The van der Waals surface area contributed by atoms with Gasteiger partial charge >= 0.3 is 0 Å². The molecule has 0 spiro atoms. The first-order chi connectivity index (χ1) is 5.77. The smallest absolute Gasteiger partial charge is 0.156 e. The molecule has 12 heavy (non-hydrogen) atoms. The summed E-state index contributed by atoms with van der Waals surface area (Å²) < 4.78 is 1.68. The molecule has 0 amide bonds. The van der Waals surface area contributed by atoms with Gasteiger partial charge in [-0.1, -0.05) is 6.42 Å². The van der Waals surface area contributed by atoms with Gasteiger partial charge < -0.3 is 5.11 Å². The lowest BCUT2D eigenvalue weighted by atomic mass is 10.1. The Hall–Kier alpha value is -0.900. The van der Waals surface area contributed by atoms with Crippen LogP contribution in [-0.4, -0.2) is 26.0 Å². The maximum Gasteiger partial charge on any atom is 0.156 e. The molecule has 0 saturated heterocycles. The molecular formula is C8H13N3O. The highest BCUT2D eigenvalue weighted by Gasteiger charge is 2.29. The van der Waals surface area contributed by atoms with Crippen molar-refractivity contribution in [3.8, 4) is 0 Å². The van der Waals surface area contributed by atoms with E-state index in [9.17, 15) is 5.11 Å². The number of nitrogens with zero attached hydrogens (tertiary/aromatic N) is 3. The zero-order valence-corrected chi connectivity index (χ0v) is 7.14. The highest BCUT2D eigenvalue weighted by molar-refractivity contribution is 5.00. The lowest BCUT2D eigenvalue weighted by Crippen LogP contribution is -2.12. The zero-order valence-electron chi connectivity index (χ0n) is 7.14. The van der Waals surface area contributed by atoms with E-state index >= 15 is 0 Å². The maximum atomic E-state index is 9.56. The first-order valence-corrected chi connectivity index (χ1v) is 4.31. The molecule has 1 aromatic heterocycles. The summed E-state index contributed by atoms with van der Waals surface area (Å²) >= 11 is 0. The Balaban J connectivity index is 2.19. The minimum absolute atomic E-state index is 0.172. The molecule has 4 heteroatoms. The standard InChI is InChI=1S/C8H13N3O/c1-11-5-9-8(10-11)6-3-2-4-7(6)12/h5-7,12H,2-4H2,1H3/t6-,7-/m1/s1. The first kappa shape index (κ1) is 7.73. The van der Waals surface area contributed by atoms with Crippen LogP contribution in [0, 0.1) is 0 Å². The molecule has 0 aromatic carbocycles. The molecule has 0 radical (unpaired) electrons. The number of aryl methyl sites for hydroxylation is 1. The molecule has 1 N–H and O–H groups in total. The Morgan fingerprint density at radius 1 is 1.58 bits per heavy atom. The van der Waals surface area contributed by atoms with Gasteiger partial charge in [-0.15, -0.1) is 0 Å². The van der Waals surface area contributed by atoms with Gasteiger partial charge in [0.2, 0.25) is 0 Å². The fourth-order valence-corrected chi connectivity index (χ4v) is 1.77. The predicted octanol–water partition coefficient (Wildman–Crippen LogP) is 0.443. The normalized spacial score (nSPS) is 29.5. The molecular weight excluding hydrogens is 154 g/mol. The maximum absolute atomic E-state index is 9.56. The van der Waals surface area contributed by atoms with Crippen molar-refractivity contribution in [1.82, 2.24) is 14.8 Å². The number of aliphatic hydroxyl groups is 1. The van der Waals surface area contributed by atoms with Crippen LogP contribution in [0.2, 0.25) is 0 Å². The summed E-state index contributed by atoms with van der Waals surface area (Å²) in [6, 6.07) is 0. The van der Waals surface area contributed by atoms with Crippen LogP contribution < -0.4 is 0 Å². The van der Waals surface area contributed by atoms with E-state index < -0.39 is 0 Å². The molecule has 0 aliphatic heterocycles. The lowest BCUT2D eigenvalue weighted by Gasteiger charge is -2.08. The summed E-state index contributed by atoms with van der Waals surface area (Å²) in [5.41, 5.74) is 0. The van der Waals surface area contributed by atoms with Crippen molar-refractivity contribution in [2.45, 2.75) is 31.3 Å². The van der Waals surface area contributed by atoms with E-state index in [4.69, 9.17) is 0 Å². The van der Waals surface area contributed by atoms with Crippen molar-refractivity contribution in [2.24, 2.45) is 7.05 Å². The highest BCUT2D eigenvalue weighted by atomic mass is 16.3. The van der Waals surface area contributed by atoms with Gasteiger partial charge in [0.15, 0.2) is 5.82 Å². The molecule has 1 aromatic rings. The Kier molecular flexibility index (Phi) is 1.84. The molecule has 1 fully saturated rings. The van der Waals surface area contributed by atoms with E-state index in [1.54, 1.807) is 11.0 Å². The van der Waals surface area contributed by atoms with E-state index in [1.165, 1.54) is 0 Å². The second kappa shape index (κ2) is 2.86. The number of aromatic nitrogens is 3. The van der Waals surface area contributed by atoms with Crippen molar-refractivity contribution in [3.05, 3.63) is 12.2 Å². The van der Waals surface area contributed by atoms with E-state index in [2.05, 4.69) is 10.1 Å². The fourth-order valence-electron chi connectivity index (χ4n) is 1.77. The van der Waals surface area contributed by atoms with Crippen molar-refractivity contribution in [2.75, 3.05) is 0 Å². The van der Waals surface area contributed by atoms with E-state index in [1.807, 2.05) is 7.05 Å². The summed E-state index contributed by atoms with van der Waals surface area (Å²) in [5.74, 6) is 0.966. The summed E-state index contributed by atoms with van der Waals surface area (Å²) in [7, 11) is 1.85. The Labute approximate surface area is 71.2 Å². The van der Waals surface area contributed by atoms with Crippen LogP contribution in [0.4, 0.5) is 0 Å². The van der Waals surface area contributed by atoms with E-state index in [0.717, 1.165) is 25.1 Å². The average molecular weight is 167 g/mol. The first-order valence-electron chi connectivity index (χ1n) is 4.31. The quantitative estimate of drug-likeness (QED) is 0.660. The van der Waals surface area contributed by atoms with Gasteiger partial charge in [-0.2, -0.15) is 5.10 Å². The molecule has 2 atom stereocenters.